The molecule has 8 heavy (non-hydrogen) atoms. The molecule has 42 valence electrons. The highest BCUT2D eigenvalue weighted by Crippen LogP contribution is 2.20. The van der Waals surface area contributed by atoms with E-state index in [1.807, 2.05) is 6.08 Å². The molecule has 0 N–H and O–H groups in total. The van der Waals surface area contributed by atoms with Gasteiger partial charge in [0.15, 0.2) is 5.60 Å². The minimum Gasteiger partial charge on any atom is -0.480 e. The van der Waals surface area contributed by atoms with E-state index in [2.05, 4.69) is 6.07 Å². The van der Waals surface area contributed by atoms with Crippen molar-refractivity contribution < 1.29 is 4.74 Å². The van der Waals surface area contributed by atoms with E-state index in [0.29, 0.717) is 6.42 Å². The Balaban J connectivity index is 2.63. The van der Waals surface area contributed by atoms with Crippen LogP contribution in [0.15, 0.2) is 12.3 Å². The van der Waals surface area contributed by atoms with Crippen LogP contribution < -0.4 is 0 Å². The van der Waals surface area contributed by atoms with Crippen molar-refractivity contribution in [3.63, 3.8) is 0 Å². The summed E-state index contributed by atoms with van der Waals surface area (Å²) in [7, 11) is 0. The first-order valence-corrected chi connectivity index (χ1v) is 2.51. The molecule has 1 heterocycles. The van der Waals surface area contributed by atoms with Gasteiger partial charge in [-0.05, 0) is 13.0 Å². The maximum absolute atomic E-state index is 8.41. The van der Waals surface area contributed by atoms with Crippen LogP contribution in [0.1, 0.15) is 13.3 Å². The fourth-order valence-corrected chi connectivity index (χ4v) is 0.591. The zero-order chi connectivity index (χ0) is 6.04. The lowest BCUT2D eigenvalue weighted by molar-refractivity contribution is 0.120. The summed E-state index contributed by atoms with van der Waals surface area (Å²) in [6.45, 7) is 1.77. The number of rotatable bonds is 0. The highest BCUT2D eigenvalue weighted by Gasteiger charge is 2.25. The van der Waals surface area contributed by atoms with Gasteiger partial charge < -0.3 is 4.74 Å². The molecule has 2 heteroatoms. The lowest BCUT2D eigenvalue weighted by atomic mass is 10.1. The van der Waals surface area contributed by atoms with Gasteiger partial charge in [-0.2, -0.15) is 5.26 Å². The van der Waals surface area contributed by atoms with Gasteiger partial charge in [0.1, 0.15) is 6.07 Å². The van der Waals surface area contributed by atoms with Crippen molar-refractivity contribution in [2.75, 3.05) is 0 Å². The van der Waals surface area contributed by atoms with E-state index in [1.165, 1.54) is 0 Å². The molecular formula is C6H7NO. The maximum Gasteiger partial charge on any atom is 0.194 e. The molecule has 1 atom stereocenters. The summed E-state index contributed by atoms with van der Waals surface area (Å²) in [5.74, 6) is 0. The first-order chi connectivity index (χ1) is 3.77. The lowest BCUT2D eigenvalue weighted by Gasteiger charge is -2.11. The van der Waals surface area contributed by atoms with Gasteiger partial charge in [0, 0.05) is 6.42 Å². The molecule has 0 radical (unpaired) electrons. The third-order valence-corrected chi connectivity index (χ3v) is 1.17. The molecule has 0 fully saturated rings. The Kier molecular flexibility index (Phi) is 0.980. The van der Waals surface area contributed by atoms with Gasteiger partial charge in [-0.15, -0.1) is 0 Å². The predicted octanol–water partition coefficient (Wildman–Crippen LogP) is 1.20. The maximum atomic E-state index is 8.41. The topological polar surface area (TPSA) is 33.0 Å². The van der Waals surface area contributed by atoms with Crippen molar-refractivity contribution >= 4 is 0 Å². The van der Waals surface area contributed by atoms with E-state index in [0.717, 1.165) is 0 Å². The molecule has 1 unspecified atom stereocenters. The van der Waals surface area contributed by atoms with Crippen LogP contribution in [0.25, 0.3) is 0 Å². The van der Waals surface area contributed by atoms with Crippen molar-refractivity contribution in [3.05, 3.63) is 12.3 Å². The van der Waals surface area contributed by atoms with Crippen molar-refractivity contribution in [3.8, 4) is 6.07 Å². The summed E-state index contributed by atoms with van der Waals surface area (Å²) in [5.41, 5.74) is -0.569. The average Bonchev–Trinajstić information content (AvgIpc) is 2.17. The first kappa shape index (κ1) is 5.17. The Bertz CT molecular complexity index is 146. The van der Waals surface area contributed by atoms with Gasteiger partial charge in [0.25, 0.3) is 0 Å². The molecule has 0 amide bonds. The fourth-order valence-electron chi connectivity index (χ4n) is 0.591. The van der Waals surface area contributed by atoms with Crippen LogP contribution in [0, 0.1) is 11.3 Å². The van der Waals surface area contributed by atoms with Crippen molar-refractivity contribution in [2.24, 2.45) is 0 Å². The van der Waals surface area contributed by atoms with Crippen LogP contribution in [0.4, 0.5) is 0 Å². The molecule has 0 aromatic heterocycles. The minimum absolute atomic E-state index is 0.569. The number of nitrogens with zero attached hydrogens (tertiary/aromatic N) is 1. The lowest BCUT2D eigenvalue weighted by Crippen LogP contribution is -2.18. The van der Waals surface area contributed by atoms with Gasteiger partial charge in [-0.3, -0.25) is 0 Å². The van der Waals surface area contributed by atoms with E-state index < -0.39 is 5.60 Å². The van der Waals surface area contributed by atoms with E-state index in [1.54, 1.807) is 13.2 Å². The van der Waals surface area contributed by atoms with Gasteiger partial charge in [-0.1, -0.05) is 0 Å². The predicted molar refractivity (Wildman–Crippen MR) is 28.9 cm³/mol. The van der Waals surface area contributed by atoms with Crippen molar-refractivity contribution in [1.29, 1.82) is 5.26 Å². The monoisotopic (exact) mass is 109 g/mol. The zero-order valence-corrected chi connectivity index (χ0v) is 4.72. The SMILES string of the molecule is CC1(C#N)CC=CO1. The number of hydrogen-bond donors (Lipinski definition) is 0. The van der Waals surface area contributed by atoms with Crippen LogP contribution in [-0.4, -0.2) is 5.60 Å². The summed E-state index contributed by atoms with van der Waals surface area (Å²) in [4.78, 5) is 0. The Labute approximate surface area is 48.4 Å². The highest BCUT2D eigenvalue weighted by molar-refractivity contribution is 5.08. The fraction of sp³-hybridized carbons (Fsp3) is 0.500. The normalized spacial score (nSPS) is 34.0. The number of hydrogen-bond acceptors (Lipinski definition) is 2. The van der Waals surface area contributed by atoms with Gasteiger partial charge in [0.2, 0.25) is 0 Å². The van der Waals surface area contributed by atoms with Crippen LogP contribution in [0.2, 0.25) is 0 Å². The van der Waals surface area contributed by atoms with Crippen LogP contribution in [-0.2, 0) is 4.74 Å². The Morgan fingerprint density at radius 2 is 2.62 bits per heavy atom. The Morgan fingerprint density at radius 1 is 1.88 bits per heavy atom. The largest absolute Gasteiger partial charge is 0.480 e. The molecule has 0 saturated heterocycles. The molecule has 2 nitrogen and oxygen atoms in total. The smallest absolute Gasteiger partial charge is 0.194 e. The Morgan fingerprint density at radius 3 is 2.88 bits per heavy atom. The van der Waals surface area contributed by atoms with Crippen molar-refractivity contribution in [1.82, 2.24) is 0 Å². The van der Waals surface area contributed by atoms with Gasteiger partial charge in [-0.25, -0.2) is 0 Å². The minimum atomic E-state index is -0.569. The summed E-state index contributed by atoms with van der Waals surface area (Å²) in [6, 6.07) is 2.06. The third kappa shape index (κ3) is 0.671. The standard InChI is InChI=1S/C6H7NO/c1-6(5-7)3-2-4-8-6/h2,4H,3H2,1H3. The first-order valence-electron chi connectivity index (χ1n) is 2.51. The Hall–Kier alpha value is -0.970. The summed E-state index contributed by atoms with van der Waals surface area (Å²) in [6.07, 6.45) is 4.13. The summed E-state index contributed by atoms with van der Waals surface area (Å²) >= 11 is 0. The number of ether oxygens (including phenoxy) is 1. The van der Waals surface area contributed by atoms with Crippen LogP contribution in [0.5, 0.6) is 0 Å². The molecule has 0 saturated carbocycles. The molecule has 1 aliphatic heterocycles. The van der Waals surface area contributed by atoms with E-state index in [4.69, 9.17) is 10.00 Å². The zero-order valence-electron chi connectivity index (χ0n) is 4.72. The van der Waals surface area contributed by atoms with Crippen LogP contribution in [0.3, 0.4) is 0 Å². The highest BCUT2D eigenvalue weighted by atomic mass is 16.5. The molecule has 1 rings (SSSR count). The summed E-state index contributed by atoms with van der Waals surface area (Å²) in [5, 5.41) is 8.41. The van der Waals surface area contributed by atoms with Gasteiger partial charge in [0.05, 0.1) is 6.26 Å². The van der Waals surface area contributed by atoms with E-state index in [-0.39, 0.29) is 0 Å². The van der Waals surface area contributed by atoms with E-state index >= 15 is 0 Å². The number of nitriles is 1. The van der Waals surface area contributed by atoms with Gasteiger partial charge >= 0.3 is 0 Å². The molecule has 0 aromatic carbocycles. The molecule has 1 aliphatic rings. The van der Waals surface area contributed by atoms with E-state index in [9.17, 15) is 0 Å². The molecule has 0 spiro atoms. The quantitative estimate of drug-likeness (QED) is 0.468. The second-order valence-corrected chi connectivity index (χ2v) is 2.04. The second-order valence-electron chi connectivity index (χ2n) is 2.04. The molecule has 0 aliphatic carbocycles. The molecular weight excluding hydrogens is 102 g/mol. The average molecular weight is 109 g/mol. The molecule has 0 bridgehead atoms. The summed E-state index contributed by atoms with van der Waals surface area (Å²) < 4.78 is 4.95. The van der Waals surface area contributed by atoms with Crippen molar-refractivity contribution in [2.45, 2.75) is 18.9 Å². The third-order valence-electron chi connectivity index (χ3n) is 1.17. The second kappa shape index (κ2) is 1.52. The van der Waals surface area contributed by atoms with Crippen LogP contribution >= 0.6 is 0 Å². The molecule has 0 aromatic rings.